The zero-order valence-electron chi connectivity index (χ0n) is 11.1. The molecule has 1 unspecified atom stereocenters. The van der Waals surface area contributed by atoms with Crippen LogP contribution < -0.4 is 4.90 Å². The van der Waals surface area contributed by atoms with Gasteiger partial charge >= 0.3 is 0 Å². The fourth-order valence-corrected chi connectivity index (χ4v) is 3.56. The van der Waals surface area contributed by atoms with E-state index < -0.39 is 0 Å². The molecule has 0 amide bonds. The monoisotopic (exact) mass is 284 g/mol. The van der Waals surface area contributed by atoms with Crippen molar-refractivity contribution in [2.45, 2.75) is 51.2 Å². The average molecular weight is 284 g/mol. The van der Waals surface area contributed by atoms with Gasteiger partial charge in [-0.3, -0.25) is 0 Å². The molecule has 0 aromatic carbocycles. The minimum absolute atomic E-state index is 0.126. The standard InChI is InChI=1S/C13H20N2O3S/c1-9-17-12(18-9)11-8-19-13(14-11)15-6-4-2-3-5-10(15)7-16/h8-10,12,16H,2-7H2,1H3. The summed E-state index contributed by atoms with van der Waals surface area (Å²) < 4.78 is 10.9. The van der Waals surface area contributed by atoms with Gasteiger partial charge in [0, 0.05) is 11.9 Å². The Balaban J connectivity index is 1.72. The lowest BCUT2D eigenvalue weighted by molar-refractivity contribution is -0.383. The van der Waals surface area contributed by atoms with E-state index in [2.05, 4.69) is 9.88 Å². The first-order valence-electron chi connectivity index (χ1n) is 6.92. The van der Waals surface area contributed by atoms with Gasteiger partial charge in [-0.15, -0.1) is 11.3 Å². The zero-order chi connectivity index (χ0) is 13.2. The van der Waals surface area contributed by atoms with Crippen molar-refractivity contribution in [3.8, 4) is 0 Å². The van der Waals surface area contributed by atoms with Crippen molar-refractivity contribution < 1.29 is 14.6 Å². The molecule has 2 fully saturated rings. The Morgan fingerprint density at radius 3 is 3.00 bits per heavy atom. The van der Waals surface area contributed by atoms with E-state index >= 15 is 0 Å². The molecule has 2 saturated heterocycles. The Hall–Kier alpha value is -0.690. The Bertz CT molecular complexity index is 420. The molecule has 19 heavy (non-hydrogen) atoms. The molecule has 0 bridgehead atoms. The second kappa shape index (κ2) is 5.75. The summed E-state index contributed by atoms with van der Waals surface area (Å²) in [5, 5.41) is 12.5. The minimum atomic E-state index is -0.306. The highest BCUT2D eigenvalue weighted by Crippen LogP contribution is 2.35. The maximum Gasteiger partial charge on any atom is 0.207 e. The fraction of sp³-hybridized carbons (Fsp3) is 0.769. The predicted octanol–water partition coefficient (Wildman–Crippen LogP) is 2.28. The molecule has 3 rings (SSSR count). The van der Waals surface area contributed by atoms with Crippen LogP contribution in [0.4, 0.5) is 5.13 Å². The van der Waals surface area contributed by atoms with Crippen LogP contribution in [0, 0.1) is 0 Å². The summed E-state index contributed by atoms with van der Waals surface area (Å²) in [5.74, 6) is 0. The second-order valence-corrected chi connectivity index (χ2v) is 5.94. The van der Waals surface area contributed by atoms with Crippen molar-refractivity contribution in [2.24, 2.45) is 0 Å². The molecule has 2 aliphatic rings. The highest BCUT2D eigenvalue weighted by Gasteiger charge is 2.32. The molecular weight excluding hydrogens is 264 g/mol. The first kappa shape index (κ1) is 13.3. The van der Waals surface area contributed by atoms with E-state index in [1.807, 2.05) is 12.3 Å². The molecule has 106 valence electrons. The number of anilines is 1. The van der Waals surface area contributed by atoms with Crippen LogP contribution in [0.15, 0.2) is 5.38 Å². The minimum Gasteiger partial charge on any atom is -0.394 e. The lowest BCUT2D eigenvalue weighted by Gasteiger charge is -2.32. The third-order valence-corrected chi connectivity index (χ3v) is 4.61. The highest BCUT2D eigenvalue weighted by molar-refractivity contribution is 7.13. The van der Waals surface area contributed by atoms with Crippen molar-refractivity contribution in [2.75, 3.05) is 18.1 Å². The molecule has 0 aliphatic carbocycles. The number of rotatable bonds is 3. The molecule has 0 radical (unpaired) electrons. The normalized spacial score (nSPS) is 31.9. The number of aromatic nitrogens is 1. The van der Waals surface area contributed by atoms with E-state index in [4.69, 9.17) is 9.47 Å². The van der Waals surface area contributed by atoms with Crippen molar-refractivity contribution in [1.82, 2.24) is 4.98 Å². The molecule has 1 aromatic rings. The summed E-state index contributed by atoms with van der Waals surface area (Å²) in [6.45, 7) is 3.05. The maximum absolute atomic E-state index is 9.54. The molecule has 1 aromatic heterocycles. The zero-order valence-corrected chi connectivity index (χ0v) is 11.9. The summed E-state index contributed by atoms with van der Waals surface area (Å²) >= 11 is 1.61. The van der Waals surface area contributed by atoms with Crippen LogP contribution in [0.2, 0.25) is 0 Å². The van der Waals surface area contributed by atoms with Gasteiger partial charge in [-0.05, 0) is 19.8 Å². The molecule has 3 heterocycles. The number of hydrogen-bond donors (Lipinski definition) is 1. The lowest BCUT2D eigenvalue weighted by atomic mass is 10.1. The summed E-state index contributed by atoms with van der Waals surface area (Å²) in [5.41, 5.74) is 0.846. The Morgan fingerprint density at radius 2 is 2.26 bits per heavy atom. The van der Waals surface area contributed by atoms with Gasteiger partial charge in [0.25, 0.3) is 0 Å². The number of aliphatic hydroxyl groups excluding tert-OH is 1. The van der Waals surface area contributed by atoms with Crippen LogP contribution >= 0.6 is 11.3 Å². The Labute approximate surface area is 117 Å². The van der Waals surface area contributed by atoms with E-state index in [1.165, 1.54) is 19.3 Å². The number of ether oxygens (including phenoxy) is 2. The highest BCUT2D eigenvalue weighted by atomic mass is 32.1. The van der Waals surface area contributed by atoms with Gasteiger partial charge in [0.05, 0.1) is 12.6 Å². The van der Waals surface area contributed by atoms with Crippen molar-refractivity contribution in [3.63, 3.8) is 0 Å². The molecule has 2 aliphatic heterocycles. The summed E-state index contributed by atoms with van der Waals surface area (Å²) in [6.07, 6.45) is 4.19. The van der Waals surface area contributed by atoms with Gasteiger partial charge in [0.1, 0.15) is 5.69 Å². The quantitative estimate of drug-likeness (QED) is 0.923. The van der Waals surface area contributed by atoms with E-state index in [-0.39, 0.29) is 25.2 Å². The predicted molar refractivity (Wildman–Crippen MR) is 73.2 cm³/mol. The largest absolute Gasteiger partial charge is 0.394 e. The third-order valence-electron chi connectivity index (χ3n) is 3.72. The van der Waals surface area contributed by atoms with Crippen molar-refractivity contribution in [1.29, 1.82) is 0 Å². The lowest BCUT2D eigenvalue weighted by Crippen LogP contribution is -2.37. The molecule has 1 N–H and O–H groups in total. The topological polar surface area (TPSA) is 54.8 Å². The van der Waals surface area contributed by atoms with E-state index in [0.29, 0.717) is 0 Å². The fourth-order valence-electron chi connectivity index (χ4n) is 2.63. The van der Waals surface area contributed by atoms with Crippen LogP contribution in [0.5, 0.6) is 0 Å². The van der Waals surface area contributed by atoms with Crippen molar-refractivity contribution >= 4 is 16.5 Å². The molecule has 0 saturated carbocycles. The maximum atomic E-state index is 9.54. The molecule has 1 atom stereocenters. The number of nitrogens with zero attached hydrogens (tertiary/aromatic N) is 2. The van der Waals surface area contributed by atoms with Crippen LogP contribution in [0.25, 0.3) is 0 Å². The Morgan fingerprint density at radius 1 is 1.42 bits per heavy atom. The number of hydrogen-bond acceptors (Lipinski definition) is 6. The second-order valence-electron chi connectivity index (χ2n) is 5.11. The molecule has 0 spiro atoms. The van der Waals surface area contributed by atoms with Crippen LogP contribution in [0.1, 0.15) is 44.6 Å². The molecule has 5 nitrogen and oxygen atoms in total. The van der Waals surface area contributed by atoms with Gasteiger partial charge in [-0.1, -0.05) is 12.8 Å². The smallest absolute Gasteiger partial charge is 0.207 e. The van der Waals surface area contributed by atoms with Gasteiger partial charge in [-0.2, -0.15) is 0 Å². The first-order valence-corrected chi connectivity index (χ1v) is 7.79. The number of thiazole rings is 1. The SMILES string of the molecule is CC1OC(c2csc(N3CCCCCC3CO)n2)O1. The van der Waals surface area contributed by atoms with Crippen LogP contribution in [-0.2, 0) is 9.47 Å². The van der Waals surface area contributed by atoms with Gasteiger partial charge in [0.2, 0.25) is 6.29 Å². The van der Waals surface area contributed by atoms with Crippen LogP contribution in [0.3, 0.4) is 0 Å². The number of aliphatic hydroxyl groups is 1. The molecule has 6 heteroatoms. The van der Waals surface area contributed by atoms with Gasteiger partial charge in [-0.25, -0.2) is 4.98 Å². The third kappa shape index (κ3) is 2.76. The summed E-state index contributed by atoms with van der Waals surface area (Å²) in [7, 11) is 0. The van der Waals surface area contributed by atoms with Gasteiger partial charge in [0.15, 0.2) is 11.4 Å². The van der Waals surface area contributed by atoms with E-state index in [9.17, 15) is 5.11 Å². The van der Waals surface area contributed by atoms with E-state index in [1.54, 1.807) is 11.3 Å². The molecular formula is C13H20N2O3S. The van der Waals surface area contributed by atoms with Gasteiger partial charge < -0.3 is 19.5 Å². The first-order chi connectivity index (χ1) is 9.28. The summed E-state index contributed by atoms with van der Waals surface area (Å²) in [4.78, 5) is 6.85. The average Bonchev–Trinajstić information content (AvgIpc) is 2.72. The van der Waals surface area contributed by atoms with Crippen LogP contribution in [-0.4, -0.2) is 35.6 Å². The summed E-state index contributed by atoms with van der Waals surface area (Å²) in [6, 6.07) is 0.198. The Kier molecular flexibility index (Phi) is 4.02. The van der Waals surface area contributed by atoms with Crippen molar-refractivity contribution in [3.05, 3.63) is 11.1 Å². The van der Waals surface area contributed by atoms with E-state index in [0.717, 1.165) is 23.8 Å².